The summed E-state index contributed by atoms with van der Waals surface area (Å²) in [5.74, 6) is -4.93. The maximum Gasteiger partial charge on any atom is 0.397 e. The Bertz CT molecular complexity index is 724. The Labute approximate surface area is 303 Å². The van der Waals surface area contributed by atoms with Crippen molar-refractivity contribution in [2.45, 2.75) is 67.9 Å². The van der Waals surface area contributed by atoms with E-state index < -0.39 is 64.8 Å². The van der Waals surface area contributed by atoms with E-state index in [0.29, 0.717) is 6.42 Å². The standard InChI is InChI=1S/C11H22O8S.C10H20O4.CH4.3Y/c1-11(2,3)8(4-7(5-12)10(14)15)9(6-13)19-20(16,17)18;1-10(2,3)8(6-12)4-7(5-11)9(13)14;;;;/h7-9,12-13H,4-6H2,1-3H3,(H,14,15)(H,16,17,18);7-8,11-12H,4-6H2,1-3H3,(H,13,14);1H4;;;. The van der Waals surface area contributed by atoms with E-state index in [1.807, 2.05) is 20.8 Å². The molecule has 0 fully saturated rings. The minimum atomic E-state index is -4.77. The molecule has 0 rings (SSSR count). The van der Waals surface area contributed by atoms with Crippen molar-refractivity contribution < 1.29 is 156 Å². The first-order valence-electron chi connectivity index (χ1n) is 10.8. The van der Waals surface area contributed by atoms with E-state index in [1.54, 1.807) is 20.8 Å². The normalized spacial score (nSPS) is 15.2. The molecule has 0 amide bonds. The van der Waals surface area contributed by atoms with Gasteiger partial charge in [-0.25, -0.2) is 4.18 Å². The zero-order chi connectivity index (χ0) is 27.5. The molecule has 0 aliphatic heterocycles. The molecule has 221 valence electrons. The predicted molar refractivity (Wildman–Crippen MR) is 129 cm³/mol. The third-order valence-electron chi connectivity index (χ3n) is 5.68. The van der Waals surface area contributed by atoms with E-state index in [4.69, 9.17) is 30.1 Å². The Morgan fingerprint density at radius 3 is 1.29 bits per heavy atom. The number of carboxylic acids is 2. The van der Waals surface area contributed by atoms with E-state index in [2.05, 4.69) is 4.18 Å². The molecule has 0 saturated carbocycles. The quantitative estimate of drug-likeness (QED) is 0.131. The molecular formula is C22H46O12SY3. The van der Waals surface area contributed by atoms with Gasteiger partial charge in [0.1, 0.15) is 6.10 Å². The zero-order valence-electron chi connectivity index (χ0n) is 22.4. The summed E-state index contributed by atoms with van der Waals surface area (Å²) in [6, 6.07) is 0. The number of aliphatic hydroxyl groups excluding tert-OH is 4. The molecule has 38 heavy (non-hydrogen) atoms. The van der Waals surface area contributed by atoms with Crippen LogP contribution in [0.15, 0.2) is 0 Å². The Morgan fingerprint density at radius 2 is 1.08 bits per heavy atom. The summed E-state index contributed by atoms with van der Waals surface area (Å²) in [4.78, 5) is 21.6. The van der Waals surface area contributed by atoms with E-state index in [0.717, 1.165) is 0 Å². The van der Waals surface area contributed by atoms with E-state index in [1.165, 1.54) is 0 Å². The third kappa shape index (κ3) is 23.5. The van der Waals surface area contributed by atoms with Crippen LogP contribution in [0.1, 0.15) is 61.8 Å². The molecule has 0 heterocycles. The average Bonchev–Trinajstić information content (AvgIpc) is 2.65. The molecule has 0 aromatic heterocycles. The summed E-state index contributed by atoms with van der Waals surface area (Å²) in [5.41, 5.74) is -0.751. The van der Waals surface area contributed by atoms with Gasteiger partial charge in [0, 0.05) is 105 Å². The number of carbonyl (C=O) groups is 2. The molecule has 0 saturated heterocycles. The minimum absolute atomic E-state index is 0. The van der Waals surface area contributed by atoms with Crippen LogP contribution in [-0.4, -0.2) is 88.1 Å². The van der Waals surface area contributed by atoms with Gasteiger partial charge in [-0.15, -0.1) is 0 Å². The van der Waals surface area contributed by atoms with Gasteiger partial charge < -0.3 is 30.6 Å². The van der Waals surface area contributed by atoms with Crippen molar-refractivity contribution in [2.24, 2.45) is 34.5 Å². The summed E-state index contributed by atoms with van der Waals surface area (Å²) in [7, 11) is -4.77. The van der Waals surface area contributed by atoms with Gasteiger partial charge in [0.25, 0.3) is 0 Å². The molecule has 0 aliphatic rings. The summed E-state index contributed by atoms with van der Waals surface area (Å²) in [6.45, 7) is 9.23. The van der Waals surface area contributed by atoms with Crippen molar-refractivity contribution in [1.29, 1.82) is 0 Å². The minimum Gasteiger partial charge on any atom is -0.481 e. The van der Waals surface area contributed by atoms with Crippen LogP contribution in [0.25, 0.3) is 0 Å². The van der Waals surface area contributed by atoms with Crippen LogP contribution >= 0.6 is 0 Å². The van der Waals surface area contributed by atoms with Crippen molar-refractivity contribution >= 4 is 22.3 Å². The van der Waals surface area contributed by atoms with Gasteiger partial charge in [-0.2, -0.15) is 8.42 Å². The fourth-order valence-corrected chi connectivity index (χ4v) is 3.81. The monoisotopic (exact) mass is 801 g/mol. The Kier molecular flexibility index (Phi) is 33.8. The molecule has 3 radical (unpaired) electrons. The second-order valence-electron chi connectivity index (χ2n) is 10.4. The van der Waals surface area contributed by atoms with Crippen molar-refractivity contribution in [2.75, 3.05) is 26.4 Å². The Morgan fingerprint density at radius 1 is 0.711 bits per heavy atom. The molecule has 0 aromatic rings. The van der Waals surface area contributed by atoms with E-state index in [-0.39, 0.29) is 137 Å². The number of rotatable bonds is 13. The molecule has 0 spiro atoms. The second-order valence-corrected chi connectivity index (χ2v) is 11.4. The van der Waals surface area contributed by atoms with Gasteiger partial charge in [0.15, 0.2) is 0 Å². The summed E-state index contributed by atoms with van der Waals surface area (Å²) in [6.07, 6.45) is -1.08. The molecule has 5 unspecified atom stereocenters. The fraction of sp³-hybridized carbons (Fsp3) is 0.909. The molecule has 7 N–H and O–H groups in total. The molecule has 5 atom stereocenters. The molecule has 0 aromatic carbocycles. The topological polar surface area (TPSA) is 219 Å². The maximum absolute atomic E-state index is 11.0. The van der Waals surface area contributed by atoms with Gasteiger partial charge in [-0.1, -0.05) is 49.0 Å². The van der Waals surface area contributed by atoms with Crippen LogP contribution in [0.4, 0.5) is 0 Å². The summed E-state index contributed by atoms with van der Waals surface area (Å²) >= 11 is 0. The fourth-order valence-electron chi connectivity index (χ4n) is 3.30. The summed E-state index contributed by atoms with van der Waals surface area (Å²) in [5, 5.41) is 53.9. The number of hydrogen-bond acceptors (Lipinski definition) is 9. The number of aliphatic hydroxyl groups is 4. The molecular weight excluding hydrogens is 755 g/mol. The van der Waals surface area contributed by atoms with Crippen LogP contribution < -0.4 is 0 Å². The maximum atomic E-state index is 11.0. The SMILES string of the molecule is C.CC(C)(C)C(CC(CO)C(=O)O)C(CO)OS(=O)(=O)O.CC(C)(C)C(CO)CC(CO)C(=O)O.[Y].[Y].[Y]. The van der Waals surface area contributed by atoms with Crippen LogP contribution in [0.2, 0.25) is 0 Å². The Hall–Kier alpha value is 1.96. The molecule has 0 bridgehead atoms. The van der Waals surface area contributed by atoms with E-state index >= 15 is 0 Å². The number of carboxylic acid groups (broad SMARTS) is 2. The van der Waals surface area contributed by atoms with Crippen LogP contribution in [-0.2, 0) is 122 Å². The zero-order valence-corrected chi connectivity index (χ0v) is 31.8. The molecule has 16 heteroatoms. The molecule has 12 nitrogen and oxygen atoms in total. The van der Waals surface area contributed by atoms with Crippen LogP contribution in [0.3, 0.4) is 0 Å². The largest absolute Gasteiger partial charge is 0.481 e. The van der Waals surface area contributed by atoms with Crippen LogP contribution in [0, 0.1) is 34.5 Å². The van der Waals surface area contributed by atoms with Crippen molar-refractivity contribution in [3.05, 3.63) is 0 Å². The smallest absolute Gasteiger partial charge is 0.397 e. The van der Waals surface area contributed by atoms with Crippen molar-refractivity contribution in [1.82, 2.24) is 0 Å². The first kappa shape index (κ1) is 52.6. The van der Waals surface area contributed by atoms with Gasteiger partial charge in [0.05, 0.1) is 31.7 Å². The molecule has 0 aliphatic carbocycles. The van der Waals surface area contributed by atoms with Crippen molar-refractivity contribution in [3.8, 4) is 0 Å². The second kappa shape index (κ2) is 24.4. The third-order valence-corrected chi connectivity index (χ3v) is 6.17. The van der Waals surface area contributed by atoms with E-state index in [9.17, 15) is 23.1 Å². The van der Waals surface area contributed by atoms with Gasteiger partial charge >= 0.3 is 22.3 Å². The van der Waals surface area contributed by atoms with Gasteiger partial charge in [-0.3, -0.25) is 14.1 Å². The summed E-state index contributed by atoms with van der Waals surface area (Å²) < 4.78 is 34.7. The number of hydrogen-bond donors (Lipinski definition) is 7. The van der Waals surface area contributed by atoms with Crippen molar-refractivity contribution in [3.63, 3.8) is 0 Å². The first-order chi connectivity index (χ1) is 15.2. The van der Waals surface area contributed by atoms with Gasteiger partial charge in [0.2, 0.25) is 0 Å². The Balaban J connectivity index is -0.000000128. The van der Waals surface area contributed by atoms with Crippen LogP contribution in [0.5, 0.6) is 0 Å². The predicted octanol–water partition coefficient (Wildman–Crippen LogP) is 1.27. The number of aliphatic carboxylic acids is 2. The first-order valence-corrected chi connectivity index (χ1v) is 12.2. The van der Waals surface area contributed by atoms with Gasteiger partial charge in [-0.05, 0) is 35.5 Å². The average molecular weight is 801 g/mol.